The summed E-state index contributed by atoms with van der Waals surface area (Å²) in [6.07, 6.45) is 4.81. The first kappa shape index (κ1) is 25.4. The molecule has 0 aliphatic carbocycles. The van der Waals surface area contributed by atoms with Crippen LogP contribution in [-0.2, 0) is 20.2 Å². The van der Waals surface area contributed by atoms with Crippen molar-refractivity contribution in [1.82, 2.24) is 9.97 Å². The van der Waals surface area contributed by atoms with Crippen molar-refractivity contribution in [2.75, 3.05) is 0 Å². The van der Waals surface area contributed by atoms with E-state index in [1.807, 2.05) is 0 Å². The SMILES string of the molecule is O=S(=O)([O-])C(c1ccncc1)C(c1ccncc1)S(=O)(=O)[O-].[K+].[K+]. The van der Waals surface area contributed by atoms with Crippen molar-refractivity contribution in [3.8, 4) is 0 Å². The number of nitrogens with zero attached hydrogens (tertiary/aromatic N) is 2. The normalized spacial score (nSPS) is 13.9. The third-order valence-electron chi connectivity index (χ3n) is 2.97. The smallest absolute Gasteiger partial charge is 0.747 e. The summed E-state index contributed by atoms with van der Waals surface area (Å²) in [7, 11) is -10.3. The zero-order valence-corrected chi connectivity index (χ0v) is 20.8. The Hall–Kier alpha value is 1.39. The summed E-state index contributed by atoms with van der Waals surface area (Å²) in [5, 5.41) is -4.14. The van der Waals surface area contributed by atoms with Gasteiger partial charge in [-0.25, -0.2) is 16.8 Å². The molecule has 24 heavy (non-hydrogen) atoms. The van der Waals surface area contributed by atoms with Gasteiger partial charge in [0.2, 0.25) is 0 Å². The van der Waals surface area contributed by atoms with Gasteiger partial charge in [-0.2, -0.15) is 0 Å². The first-order chi connectivity index (χ1) is 10.2. The zero-order chi connectivity index (χ0) is 16.4. The summed E-state index contributed by atoms with van der Waals surface area (Å²) in [4.78, 5) is 7.34. The van der Waals surface area contributed by atoms with Crippen LogP contribution < -0.4 is 103 Å². The predicted octanol–water partition coefficient (Wildman–Crippen LogP) is -5.64. The van der Waals surface area contributed by atoms with Crippen LogP contribution in [-0.4, -0.2) is 35.9 Å². The van der Waals surface area contributed by atoms with Crippen LogP contribution in [0, 0.1) is 0 Å². The second-order valence-electron chi connectivity index (χ2n) is 4.39. The maximum Gasteiger partial charge on any atom is 1.00 e. The Morgan fingerprint density at radius 1 is 0.667 bits per heavy atom. The van der Waals surface area contributed by atoms with E-state index < -0.39 is 30.7 Å². The Kier molecular flexibility index (Phi) is 11.3. The quantitative estimate of drug-likeness (QED) is 0.344. The number of aromatic nitrogens is 2. The molecule has 2 rings (SSSR count). The number of hydrogen-bond donors (Lipinski definition) is 0. The molecular weight excluding hydrogens is 410 g/mol. The van der Waals surface area contributed by atoms with Gasteiger partial charge in [0.15, 0.2) is 0 Å². The molecule has 0 aliphatic rings. The maximum atomic E-state index is 11.6. The summed E-state index contributed by atoms with van der Waals surface area (Å²) in [6, 6.07) is 4.72. The molecule has 0 N–H and O–H groups in total. The second kappa shape index (κ2) is 10.7. The summed E-state index contributed by atoms with van der Waals surface area (Å²) < 4.78 is 69.6. The first-order valence-corrected chi connectivity index (χ1v) is 8.85. The second-order valence-corrected chi connectivity index (χ2v) is 7.37. The van der Waals surface area contributed by atoms with Gasteiger partial charge in [0.25, 0.3) is 0 Å². The molecule has 0 fully saturated rings. The van der Waals surface area contributed by atoms with E-state index in [2.05, 4.69) is 9.97 Å². The van der Waals surface area contributed by atoms with Crippen LogP contribution in [0.4, 0.5) is 0 Å². The molecule has 0 spiro atoms. The van der Waals surface area contributed by atoms with Gasteiger partial charge in [-0.1, -0.05) is 0 Å². The fourth-order valence-electron chi connectivity index (χ4n) is 2.09. The Bertz CT molecular complexity index is 774. The van der Waals surface area contributed by atoms with Crippen molar-refractivity contribution in [2.45, 2.75) is 10.5 Å². The Labute approximate surface area is 225 Å². The average molecular weight is 421 g/mol. The van der Waals surface area contributed by atoms with E-state index >= 15 is 0 Å². The summed E-state index contributed by atoms with van der Waals surface area (Å²) >= 11 is 0. The van der Waals surface area contributed by atoms with E-state index in [4.69, 9.17) is 0 Å². The van der Waals surface area contributed by atoms with Crippen LogP contribution >= 0.6 is 0 Å². The monoisotopic (exact) mass is 420 g/mol. The van der Waals surface area contributed by atoms with Gasteiger partial charge in [-0.05, 0) is 35.4 Å². The van der Waals surface area contributed by atoms with Gasteiger partial charge in [-0.3, -0.25) is 9.97 Å². The molecule has 2 atom stereocenters. The molecule has 0 bridgehead atoms. The number of pyridine rings is 2. The minimum Gasteiger partial charge on any atom is -0.747 e. The van der Waals surface area contributed by atoms with E-state index in [0.29, 0.717) is 0 Å². The van der Waals surface area contributed by atoms with Gasteiger partial charge in [-0.15, -0.1) is 0 Å². The molecule has 8 nitrogen and oxygen atoms in total. The predicted molar refractivity (Wildman–Crippen MR) is 73.4 cm³/mol. The molecule has 0 saturated carbocycles. The van der Waals surface area contributed by atoms with Crippen molar-refractivity contribution in [1.29, 1.82) is 0 Å². The van der Waals surface area contributed by atoms with Gasteiger partial charge in [0.05, 0.1) is 10.5 Å². The Morgan fingerprint density at radius 3 is 1.12 bits per heavy atom. The van der Waals surface area contributed by atoms with Crippen LogP contribution in [0.2, 0.25) is 0 Å². The van der Waals surface area contributed by atoms with E-state index in [1.54, 1.807) is 0 Å². The molecule has 0 radical (unpaired) electrons. The van der Waals surface area contributed by atoms with Crippen LogP contribution in [0.15, 0.2) is 49.1 Å². The minimum atomic E-state index is -5.13. The molecule has 0 saturated heterocycles. The molecule has 12 heteroatoms. The van der Waals surface area contributed by atoms with Crippen molar-refractivity contribution in [3.63, 3.8) is 0 Å². The standard InChI is InChI=1S/C12H12N2O6S2.2K/c15-21(16,17)11(9-1-5-13-6-2-9)12(22(18,19)20)10-3-7-14-8-4-10;;/h1-8,11-12H,(H,15,16,17)(H,18,19,20);;/q;2*+1/p-2. The summed E-state index contributed by atoms with van der Waals surface area (Å²) in [5.74, 6) is 0. The Balaban J connectivity index is 0.00000264. The summed E-state index contributed by atoms with van der Waals surface area (Å²) in [6.45, 7) is 0. The Morgan fingerprint density at radius 2 is 0.917 bits per heavy atom. The molecule has 2 aromatic heterocycles. The average Bonchev–Trinajstić information content (AvgIpc) is 2.44. The van der Waals surface area contributed by atoms with Gasteiger partial charge < -0.3 is 9.11 Å². The largest absolute Gasteiger partial charge is 1.00 e. The molecule has 2 unspecified atom stereocenters. The molecule has 2 aromatic rings. The van der Waals surface area contributed by atoms with E-state index in [0.717, 1.165) is 0 Å². The van der Waals surface area contributed by atoms with Crippen molar-refractivity contribution in [2.24, 2.45) is 0 Å². The molecule has 0 aliphatic heterocycles. The topological polar surface area (TPSA) is 140 Å². The minimum absolute atomic E-state index is 0. The van der Waals surface area contributed by atoms with E-state index in [1.165, 1.54) is 49.1 Å². The van der Waals surface area contributed by atoms with Crippen LogP contribution in [0.3, 0.4) is 0 Å². The summed E-state index contributed by atoms with van der Waals surface area (Å²) in [5.41, 5.74) is -0.238. The molecule has 118 valence electrons. The van der Waals surface area contributed by atoms with Gasteiger partial charge in [0, 0.05) is 24.8 Å². The third kappa shape index (κ3) is 6.85. The molecule has 0 amide bonds. The van der Waals surface area contributed by atoms with Crippen molar-refractivity contribution >= 4 is 20.2 Å². The van der Waals surface area contributed by atoms with E-state index in [-0.39, 0.29) is 114 Å². The van der Waals surface area contributed by atoms with Crippen LogP contribution in [0.25, 0.3) is 0 Å². The van der Waals surface area contributed by atoms with Crippen LogP contribution in [0.5, 0.6) is 0 Å². The van der Waals surface area contributed by atoms with Gasteiger partial charge in [0.1, 0.15) is 20.2 Å². The maximum absolute atomic E-state index is 11.6. The van der Waals surface area contributed by atoms with Gasteiger partial charge >= 0.3 is 103 Å². The van der Waals surface area contributed by atoms with Crippen LogP contribution in [0.1, 0.15) is 21.6 Å². The molecule has 2 heterocycles. The first-order valence-electron chi connectivity index (χ1n) is 5.90. The fourth-order valence-corrected chi connectivity index (χ4v) is 4.81. The number of hydrogen-bond acceptors (Lipinski definition) is 8. The molecular formula is C12H10K2N2O6S2. The zero-order valence-electron chi connectivity index (χ0n) is 12.9. The molecule has 0 aromatic carbocycles. The van der Waals surface area contributed by atoms with E-state index in [9.17, 15) is 25.9 Å². The van der Waals surface area contributed by atoms with Crippen molar-refractivity contribution < 1.29 is 129 Å². The van der Waals surface area contributed by atoms with Crippen molar-refractivity contribution in [3.05, 3.63) is 60.2 Å². The fraction of sp³-hybridized carbons (Fsp3) is 0.167. The third-order valence-corrected chi connectivity index (χ3v) is 5.47. The number of rotatable bonds is 5.